The molecule has 0 unspecified atom stereocenters. The first-order chi connectivity index (χ1) is 5.83. The highest BCUT2D eigenvalue weighted by Gasteiger charge is 1.95. The lowest BCUT2D eigenvalue weighted by atomic mass is 10.4. The predicted molar refractivity (Wildman–Crippen MR) is 56.0 cm³/mol. The van der Waals surface area contributed by atoms with Gasteiger partial charge in [-0.25, -0.2) is 9.97 Å². The molecule has 0 bridgehead atoms. The Labute approximate surface area is 82.6 Å². The second-order valence-electron chi connectivity index (χ2n) is 2.47. The van der Waals surface area contributed by atoms with E-state index in [1.807, 2.05) is 19.3 Å². The second-order valence-corrected chi connectivity index (χ2v) is 3.98. The lowest BCUT2D eigenvalue weighted by molar-refractivity contribution is 0.946. The van der Waals surface area contributed by atoms with Crippen LogP contribution in [0.25, 0.3) is 0 Å². The van der Waals surface area contributed by atoms with E-state index in [0.717, 1.165) is 28.6 Å². The molecule has 1 aromatic rings. The minimum atomic E-state index is 0.863. The van der Waals surface area contributed by atoms with Crippen molar-refractivity contribution in [3.8, 4) is 0 Å². The van der Waals surface area contributed by atoms with Crippen molar-refractivity contribution in [3.05, 3.63) is 18.0 Å². The smallest absolute Gasteiger partial charge is 0.187 e. The molecule has 0 aliphatic carbocycles. The molecule has 4 heteroatoms. The minimum Gasteiger partial charge on any atom is -0.231 e. The van der Waals surface area contributed by atoms with Gasteiger partial charge in [-0.3, -0.25) is 0 Å². The Kier molecular flexibility index (Phi) is 4.46. The quantitative estimate of drug-likeness (QED) is 0.349. The molecule has 1 rings (SSSR count). The van der Waals surface area contributed by atoms with Crippen molar-refractivity contribution in [1.82, 2.24) is 9.97 Å². The first-order valence-electron chi connectivity index (χ1n) is 3.85. The number of nitrogens with zero attached hydrogens (tertiary/aromatic N) is 2. The van der Waals surface area contributed by atoms with Crippen LogP contribution in [0.3, 0.4) is 0 Å². The summed E-state index contributed by atoms with van der Waals surface area (Å²) >= 11 is 5.81. The van der Waals surface area contributed by atoms with Gasteiger partial charge in [0, 0.05) is 18.1 Å². The summed E-state index contributed by atoms with van der Waals surface area (Å²) in [5, 5.41) is 0.863. The summed E-state index contributed by atoms with van der Waals surface area (Å²) in [6.07, 6.45) is 4.79. The number of hydrogen-bond acceptors (Lipinski definition) is 4. The molecule has 0 saturated heterocycles. The van der Waals surface area contributed by atoms with Gasteiger partial charge in [-0.15, -0.1) is 0 Å². The van der Waals surface area contributed by atoms with Crippen LogP contribution in [-0.2, 0) is 0 Å². The summed E-state index contributed by atoms with van der Waals surface area (Å²) in [5.41, 5.74) is 1.11. The first kappa shape index (κ1) is 9.86. The fourth-order valence-corrected chi connectivity index (χ4v) is 1.78. The van der Waals surface area contributed by atoms with Crippen LogP contribution in [0.15, 0.2) is 17.6 Å². The van der Waals surface area contributed by atoms with Gasteiger partial charge in [0.15, 0.2) is 5.16 Å². The van der Waals surface area contributed by atoms with Crippen LogP contribution >= 0.6 is 24.4 Å². The van der Waals surface area contributed by atoms with Gasteiger partial charge in [0.25, 0.3) is 0 Å². The van der Waals surface area contributed by atoms with Crippen molar-refractivity contribution in [1.29, 1.82) is 0 Å². The summed E-state index contributed by atoms with van der Waals surface area (Å²) in [7, 11) is 0. The summed E-state index contributed by atoms with van der Waals surface area (Å²) in [4.78, 5) is 8.35. The zero-order chi connectivity index (χ0) is 8.81. The average Bonchev–Trinajstić information content (AvgIpc) is 2.09. The first-order valence-corrected chi connectivity index (χ1v) is 5.47. The van der Waals surface area contributed by atoms with E-state index in [9.17, 15) is 0 Å². The van der Waals surface area contributed by atoms with E-state index >= 15 is 0 Å². The molecule has 0 N–H and O–H groups in total. The van der Waals surface area contributed by atoms with Crippen LogP contribution in [0.2, 0.25) is 0 Å². The molecule has 1 aromatic heterocycles. The average molecular weight is 200 g/mol. The fraction of sp³-hybridized carbons (Fsp3) is 0.500. The molecule has 0 atom stereocenters. The van der Waals surface area contributed by atoms with E-state index in [1.165, 1.54) is 0 Å². The lowest BCUT2D eigenvalue weighted by Gasteiger charge is -1.97. The van der Waals surface area contributed by atoms with Crippen molar-refractivity contribution in [3.63, 3.8) is 0 Å². The molecule has 0 saturated carbocycles. The standard InChI is InChI=1S/C8H12N2S2/c1-7-5-9-8(10-6-7)12-4-2-3-11/h5-6,11H,2-4H2,1H3. The normalized spacial score (nSPS) is 10.2. The maximum absolute atomic E-state index is 4.18. The van der Waals surface area contributed by atoms with Crippen molar-refractivity contribution in [2.75, 3.05) is 11.5 Å². The van der Waals surface area contributed by atoms with Gasteiger partial charge in [-0.2, -0.15) is 12.6 Å². The summed E-state index contributed by atoms with van der Waals surface area (Å²) in [6, 6.07) is 0. The van der Waals surface area contributed by atoms with Gasteiger partial charge in [-0.1, -0.05) is 11.8 Å². The van der Waals surface area contributed by atoms with Gasteiger partial charge in [0.1, 0.15) is 0 Å². The topological polar surface area (TPSA) is 25.8 Å². The Morgan fingerprint density at radius 1 is 1.42 bits per heavy atom. The second kappa shape index (κ2) is 5.43. The third-order valence-electron chi connectivity index (χ3n) is 1.29. The van der Waals surface area contributed by atoms with E-state index in [-0.39, 0.29) is 0 Å². The molecule has 0 fully saturated rings. The number of aryl methyl sites for hydroxylation is 1. The number of thioether (sulfide) groups is 1. The Morgan fingerprint density at radius 3 is 2.67 bits per heavy atom. The van der Waals surface area contributed by atoms with E-state index < -0.39 is 0 Å². The molecule has 0 radical (unpaired) electrons. The molecule has 0 aromatic carbocycles. The molecule has 0 aliphatic rings. The largest absolute Gasteiger partial charge is 0.231 e. The molecular weight excluding hydrogens is 188 g/mol. The number of aromatic nitrogens is 2. The van der Waals surface area contributed by atoms with E-state index in [4.69, 9.17) is 0 Å². The number of hydrogen-bond donors (Lipinski definition) is 1. The molecular formula is C8H12N2S2. The molecule has 12 heavy (non-hydrogen) atoms. The van der Waals surface area contributed by atoms with Crippen molar-refractivity contribution in [2.45, 2.75) is 18.5 Å². The summed E-state index contributed by atoms with van der Waals surface area (Å²) in [6.45, 7) is 1.99. The Bertz CT molecular complexity index is 223. The monoisotopic (exact) mass is 200 g/mol. The maximum Gasteiger partial charge on any atom is 0.187 e. The molecule has 0 amide bonds. The van der Waals surface area contributed by atoms with Crippen LogP contribution in [-0.4, -0.2) is 21.5 Å². The van der Waals surface area contributed by atoms with E-state index in [0.29, 0.717) is 0 Å². The molecule has 1 heterocycles. The van der Waals surface area contributed by atoms with Gasteiger partial charge < -0.3 is 0 Å². The summed E-state index contributed by atoms with van der Waals surface area (Å²) in [5.74, 6) is 1.98. The third-order valence-corrected chi connectivity index (χ3v) is 2.57. The van der Waals surface area contributed by atoms with Crippen molar-refractivity contribution in [2.24, 2.45) is 0 Å². The molecule has 2 nitrogen and oxygen atoms in total. The molecule has 0 aliphatic heterocycles. The maximum atomic E-state index is 4.18. The number of rotatable bonds is 4. The SMILES string of the molecule is Cc1cnc(SCCCS)nc1. The molecule has 0 spiro atoms. The van der Waals surface area contributed by atoms with Crippen LogP contribution in [0.1, 0.15) is 12.0 Å². The van der Waals surface area contributed by atoms with Gasteiger partial charge >= 0.3 is 0 Å². The van der Waals surface area contributed by atoms with Crippen LogP contribution in [0.4, 0.5) is 0 Å². The highest BCUT2D eigenvalue weighted by atomic mass is 32.2. The summed E-state index contributed by atoms with van der Waals surface area (Å²) < 4.78 is 0. The highest BCUT2D eigenvalue weighted by molar-refractivity contribution is 7.99. The van der Waals surface area contributed by atoms with E-state index in [2.05, 4.69) is 22.6 Å². The van der Waals surface area contributed by atoms with Crippen LogP contribution in [0, 0.1) is 6.92 Å². The Morgan fingerprint density at radius 2 is 2.08 bits per heavy atom. The Balaban J connectivity index is 2.37. The van der Waals surface area contributed by atoms with Crippen LogP contribution < -0.4 is 0 Å². The zero-order valence-electron chi connectivity index (χ0n) is 7.03. The Hall–Kier alpha value is -0.220. The zero-order valence-corrected chi connectivity index (χ0v) is 8.74. The van der Waals surface area contributed by atoms with Gasteiger partial charge in [0.2, 0.25) is 0 Å². The highest BCUT2D eigenvalue weighted by Crippen LogP contribution is 2.12. The van der Waals surface area contributed by atoms with E-state index in [1.54, 1.807) is 11.8 Å². The minimum absolute atomic E-state index is 0.863. The predicted octanol–water partition coefficient (Wildman–Crippen LogP) is 2.20. The molecule has 66 valence electrons. The van der Waals surface area contributed by atoms with Crippen molar-refractivity contribution < 1.29 is 0 Å². The number of thiol groups is 1. The lowest BCUT2D eigenvalue weighted by Crippen LogP contribution is -1.88. The van der Waals surface area contributed by atoms with Gasteiger partial charge in [-0.05, 0) is 24.7 Å². The third kappa shape index (κ3) is 3.45. The fourth-order valence-electron chi connectivity index (χ4n) is 0.683. The van der Waals surface area contributed by atoms with Crippen LogP contribution in [0.5, 0.6) is 0 Å². The van der Waals surface area contributed by atoms with Crippen molar-refractivity contribution >= 4 is 24.4 Å². The van der Waals surface area contributed by atoms with Gasteiger partial charge in [0.05, 0.1) is 0 Å².